The third-order valence-corrected chi connectivity index (χ3v) is 8.92. The van der Waals surface area contributed by atoms with Crippen molar-refractivity contribution in [2.75, 3.05) is 5.32 Å². The second-order valence-electron chi connectivity index (χ2n) is 9.82. The molecule has 0 saturated heterocycles. The van der Waals surface area contributed by atoms with E-state index in [9.17, 15) is 0 Å². The molecule has 0 spiro atoms. The first-order valence-electron chi connectivity index (χ1n) is 13.0. The summed E-state index contributed by atoms with van der Waals surface area (Å²) in [6.07, 6.45) is 0. The molecule has 6 aromatic carbocycles. The van der Waals surface area contributed by atoms with Gasteiger partial charge in [-0.1, -0.05) is 121 Å². The average molecular weight is 505 g/mol. The zero-order valence-corrected chi connectivity index (χ0v) is 21.5. The van der Waals surface area contributed by atoms with E-state index in [0.717, 1.165) is 0 Å². The maximum atomic E-state index is 3.73. The molecule has 0 fully saturated rings. The van der Waals surface area contributed by atoms with Crippen molar-refractivity contribution < 1.29 is 0 Å². The first kappa shape index (κ1) is 21.6. The lowest BCUT2D eigenvalue weighted by molar-refractivity contribution is 1.13. The second-order valence-corrected chi connectivity index (χ2v) is 10.9. The number of fused-ring (bicyclic) bond motifs is 6. The van der Waals surface area contributed by atoms with Crippen LogP contribution in [0, 0.1) is 0 Å². The van der Waals surface area contributed by atoms with Crippen LogP contribution in [-0.4, -0.2) is 4.57 Å². The normalized spacial score (nSPS) is 14.7. The SMILES string of the molecule is c1ccc(C2Nc3cccc(-c4ccc5c6ccc7ccccc7c6n(-c6ccccc6)c5c4)c3S2)cc1. The van der Waals surface area contributed by atoms with Gasteiger partial charge in [-0.25, -0.2) is 0 Å². The maximum absolute atomic E-state index is 3.73. The fourth-order valence-corrected chi connectivity index (χ4v) is 7.15. The number of anilines is 1. The highest BCUT2D eigenvalue weighted by Crippen LogP contribution is 2.51. The quantitative estimate of drug-likeness (QED) is 0.258. The number of hydrogen-bond acceptors (Lipinski definition) is 2. The van der Waals surface area contributed by atoms with Gasteiger partial charge >= 0.3 is 0 Å². The van der Waals surface area contributed by atoms with E-state index in [1.54, 1.807) is 0 Å². The molecule has 0 amide bonds. The van der Waals surface area contributed by atoms with Gasteiger partial charge in [0.05, 0.1) is 11.0 Å². The van der Waals surface area contributed by atoms with Gasteiger partial charge in [0, 0.05) is 32.4 Å². The monoisotopic (exact) mass is 504 g/mol. The third-order valence-electron chi connectivity index (χ3n) is 7.62. The molecule has 0 aliphatic carbocycles. The van der Waals surface area contributed by atoms with Crippen LogP contribution in [-0.2, 0) is 0 Å². The van der Waals surface area contributed by atoms with Crippen molar-refractivity contribution in [3.63, 3.8) is 0 Å². The fourth-order valence-electron chi connectivity index (χ4n) is 5.86. The van der Waals surface area contributed by atoms with Crippen LogP contribution in [0.4, 0.5) is 5.69 Å². The van der Waals surface area contributed by atoms with E-state index in [2.05, 4.69) is 143 Å². The summed E-state index contributed by atoms with van der Waals surface area (Å²) >= 11 is 1.91. The van der Waals surface area contributed by atoms with E-state index >= 15 is 0 Å². The molecule has 1 N–H and O–H groups in total. The predicted octanol–water partition coefficient (Wildman–Crippen LogP) is 9.82. The molecule has 2 heterocycles. The summed E-state index contributed by atoms with van der Waals surface area (Å²) in [5.41, 5.74) is 8.69. The Balaban J connectivity index is 1.36. The molecular weight excluding hydrogens is 480 g/mol. The summed E-state index contributed by atoms with van der Waals surface area (Å²) in [4.78, 5) is 1.31. The Morgan fingerprint density at radius 2 is 1.37 bits per heavy atom. The van der Waals surface area contributed by atoms with Crippen molar-refractivity contribution in [1.29, 1.82) is 0 Å². The lowest BCUT2D eigenvalue weighted by atomic mass is 10.0. The van der Waals surface area contributed by atoms with Crippen molar-refractivity contribution in [3.8, 4) is 16.8 Å². The fraction of sp³-hybridized carbons (Fsp3) is 0.0286. The average Bonchev–Trinajstić information content (AvgIpc) is 3.57. The summed E-state index contributed by atoms with van der Waals surface area (Å²) in [6, 6.07) is 48.3. The van der Waals surface area contributed by atoms with Gasteiger partial charge in [0.1, 0.15) is 5.37 Å². The van der Waals surface area contributed by atoms with Crippen LogP contribution >= 0.6 is 11.8 Å². The topological polar surface area (TPSA) is 17.0 Å². The minimum atomic E-state index is 0.221. The first-order valence-corrected chi connectivity index (χ1v) is 13.9. The largest absolute Gasteiger partial charge is 0.368 e. The molecular formula is C35H24N2S. The number of benzene rings is 6. The van der Waals surface area contributed by atoms with Gasteiger partial charge in [-0.2, -0.15) is 0 Å². The van der Waals surface area contributed by atoms with Crippen LogP contribution in [0.3, 0.4) is 0 Å². The van der Waals surface area contributed by atoms with E-state index in [4.69, 9.17) is 0 Å². The molecule has 7 aromatic rings. The van der Waals surface area contributed by atoms with Crippen molar-refractivity contribution >= 4 is 50.0 Å². The molecule has 1 aromatic heterocycles. The number of hydrogen-bond donors (Lipinski definition) is 1. The molecule has 3 heteroatoms. The Kier molecular flexibility index (Phi) is 4.86. The predicted molar refractivity (Wildman–Crippen MR) is 162 cm³/mol. The zero-order valence-electron chi connectivity index (χ0n) is 20.6. The zero-order chi connectivity index (χ0) is 25.1. The maximum Gasteiger partial charge on any atom is 0.103 e. The van der Waals surface area contributed by atoms with E-state index in [0.29, 0.717) is 0 Å². The standard InChI is InChI=1S/C35H24N2S/c1-3-11-24(12-4-1)35-36-31-17-9-16-28(34(31)38-35)25-19-20-29-30-21-18-23-10-7-8-15-27(23)33(30)37(32(29)22-25)26-13-5-2-6-14-26/h1-22,35-36H. The van der Waals surface area contributed by atoms with Gasteiger partial charge in [0.2, 0.25) is 0 Å². The van der Waals surface area contributed by atoms with E-state index < -0.39 is 0 Å². The van der Waals surface area contributed by atoms with E-state index in [1.807, 2.05) is 11.8 Å². The Bertz CT molecular complexity index is 1970. The molecule has 38 heavy (non-hydrogen) atoms. The first-order chi connectivity index (χ1) is 18.8. The van der Waals surface area contributed by atoms with Crippen LogP contribution in [0.5, 0.6) is 0 Å². The summed E-state index contributed by atoms with van der Waals surface area (Å²) in [5, 5.41) is 9.05. The Morgan fingerprint density at radius 3 is 2.24 bits per heavy atom. The Morgan fingerprint density at radius 1 is 0.605 bits per heavy atom. The van der Waals surface area contributed by atoms with Crippen LogP contribution < -0.4 is 5.32 Å². The molecule has 8 rings (SSSR count). The Hall–Kier alpha value is -4.47. The lowest BCUT2D eigenvalue weighted by Gasteiger charge is -2.11. The van der Waals surface area contributed by atoms with Gasteiger partial charge < -0.3 is 9.88 Å². The second kappa shape index (κ2) is 8.54. The van der Waals surface area contributed by atoms with Crippen LogP contribution in [0.15, 0.2) is 138 Å². The van der Waals surface area contributed by atoms with Crippen molar-refractivity contribution in [1.82, 2.24) is 4.57 Å². The van der Waals surface area contributed by atoms with Crippen molar-refractivity contribution in [3.05, 3.63) is 139 Å². The van der Waals surface area contributed by atoms with Gasteiger partial charge in [-0.3, -0.25) is 0 Å². The molecule has 1 unspecified atom stereocenters. The summed E-state index contributed by atoms with van der Waals surface area (Å²) < 4.78 is 2.44. The van der Waals surface area contributed by atoms with E-state index in [-0.39, 0.29) is 5.37 Å². The van der Waals surface area contributed by atoms with Gasteiger partial charge in [0.15, 0.2) is 0 Å². The van der Waals surface area contributed by atoms with Crippen LogP contribution in [0.1, 0.15) is 10.9 Å². The van der Waals surface area contributed by atoms with E-state index in [1.165, 1.54) is 65.5 Å². The Labute approximate surface area is 225 Å². The lowest BCUT2D eigenvalue weighted by Crippen LogP contribution is -2.00. The van der Waals surface area contributed by atoms with Crippen LogP contribution in [0.2, 0.25) is 0 Å². The third kappa shape index (κ3) is 3.29. The van der Waals surface area contributed by atoms with Crippen molar-refractivity contribution in [2.45, 2.75) is 10.3 Å². The summed E-state index contributed by atoms with van der Waals surface area (Å²) in [7, 11) is 0. The minimum Gasteiger partial charge on any atom is -0.368 e. The molecule has 0 radical (unpaired) electrons. The summed E-state index contributed by atoms with van der Waals surface area (Å²) in [6.45, 7) is 0. The van der Waals surface area contributed by atoms with Crippen LogP contribution in [0.25, 0.3) is 49.4 Å². The highest BCUT2D eigenvalue weighted by Gasteiger charge is 2.26. The van der Waals surface area contributed by atoms with Crippen molar-refractivity contribution in [2.24, 2.45) is 0 Å². The number of nitrogens with zero attached hydrogens (tertiary/aromatic N) is 1. The van der Waals surface area contributed by atoms with Gasteiger partial charge in [0.25, 0.3) is 0 Å². The smallest absolute Gasteiger partial charge is 0.103 e. The molecule has 2 nitrogen and oxygen atoms in total. The highest BCUT2D eigenvalue weighted by atomic mass is 32.2. The molecule has 0 bridgehead atoms. The highest BCUT2D eigenvalue weighted by molar-refractivity contribution is 8.00. The number of aromatic nitrogens is 1. The summed E-state index contributed by atoms with van der Waals surface area (Å²) in [5.74, 6) is 0. The number of thioether (sulfide) groups is 1. The van der Waals surface area contributed by atoms with Gasteiger partial charge in [-0.15, -0.1) is 0 Å². The molecule has 1 atom stereocenters. The molecule has 1 aliphatic heterocycles. The molecule has 1 aliphatic rings. The number of rotatable bonds is 3. The molecule has 180 valence electrons. The molecule has 0 saturated carbocycles. The number of nitrogens with one attached hydrogen (secondary N) is 1. The number of para-hydroxylation sites is 1. The van der Waals surface area contributed by atoms with Gasteiger partial charge in [-0.05, 0) is 46.3 Å². The minimum absolute atomic E-state index is 0.221.